The molecule has 3 amide bonds. The van der Waals surface area contributed by atoms with Crippen LogP contribution < -0.4 is 9.47 Å². The summed E-state index contributed by atoms with van der Waals surface area (Å²) < 4.78 is 10.7. The maximum absolute atomic E-state index is 13.1. The van der Waals surface area contributed by atoms with Crippen LogP contribution in [0.3, 0.4) is 0 Å². The molecule has 0 saturated carbocycles. The Kier molecular flexibility index (Phi) is 5.03. The van der Waals surface area contributed by atoms with Crippen molar-refractivity contribution in [2.75, 3.05) is 27.3 Å². The number of imide groups is 1. The molecule has 0 atom stereocenters. The number of amides is 3. The Morgan fingerprint density at radius 1 is 1.03 bits per heavy atom. The SMILES string of the molecule is C=CCN1C(=O)c2ccc(C(=O)N3CCc4cc(OC)c(OC)cc4C3)cc2C1=O. The Hall–Kier alpha value is -3.61. The second-order valence-corrected chi connectivity index (χ2v) is 7.22. The minimum atomic E-state index is -0.398. The Balaban J connectivity index is 1.59. The summed E-state index contributed by atoms with van der Waals surface area (Å²) in [6.07, 6.45) is 2.19. The summed E-state index contributed by atoms with van der Waals surface area (Å²) in [7, 11) is 3.17. The number of carbonyl (C=O) groups excluding carboxylic acids is 3. The summed E-state index contributed by atoms with van der Waals surface area (Å²) in [5.41, 5.74) is 3.08. The van der Waals surface area contributed by atoms with Crippen LogP contribution in [0.4, 0.5) is 0 Å². The molecule has 0 N–H and O–H groups in total. The molecule has 0 unspecified atom stereocenters. The number of nitrogens with zero attached hydrogens (tertiary/aromatic N) is 2. The van der Waals surface area contributed by atoms with Crippen LogP contribution in [0.1, 0.15) is 42.2 Å². The van der Waals surface area contributed by atoms with Gasteiger partial charge < -0.3 is 14.4 Å². The maximum Gasteiger partial charge on any atom is 0.261 e. The number of ether oxygens (including phenoxy) is 2. The van der Waals surface area contributed by atoms with Crippen molar-refractivity contribution in [2.24, 2.45) is 0 Å². The standard InChI is InChI=1S/C23H22N2O5/c1-4-8-25-22(27)17-6-5-15(10-18(17)23(25)28)21(26)24-9-7-14-11-19(29-2)20(30-3)12-16(14)13-24/h4-6,10-12H,1,7-9,13H2,2-3H3. The van der Waals surface area contributed by atoms with Crippen LogP contribution in [-0.4, -0.2) is 54.8 Å². The van der Waals surface area contributed by atoms with Gasteiger partial charge in [-0.3, -0.25) is 19.3 Å². The van der Waals surface area contributed by atoms with Crippen LogP contribution in [0.15, 0.2) is 43.0 Å². The lowest BCUT2D eigenvalue weighted by Gasteiger charge is -2.29. The molecule has 4 rings (SSSR count). The first-order valence-electron chi connectivity index (χ1n) is 9.62. The van der Waals surface area contributed by atoms with E-state index >= 15 is 0 Å². The van der Waals surface area contributed by atoms with Crippen molar-refractivity contribution in [1.82, 2.24) is 9.80 Å². The van der Waals surface area contributed by atoms with E-state index in [4.69, 9.17) is 9.47 Å². The highest BCUT2D eigenvalue weighted by atomic mass is 16.5. The van der Waals surface area contributed by atoms with E-state index in [1.54, 1.807) is 31.3 Å². The highest BCUT2D eigenvalue weighted by Gasteiger charge is 2.35. The van der Waals surface area contributed by atoms with Gasteiger partial charge in [0.05, 0.1) is 25.3 Å². The van der Waals surface area contributed by atoms with Gasteiger partial charge in [0.2, 0.25) is 0 Å². The lowest BCUT2D eigenvalue weighted by Crippen LogP contribution is -2.36. The second-order valence-electron chi connectivity index (χ2n) is 7.22. The zero-order chi connectivity index (χ0) is 21.4. The van der Waals surface area contributed by atoms with Gasteiger partial charge in [-0.2, -0.15) is 0 Å². The summed E-state index contributed by atoms with van der Waals surface area (Å²) in [5, 5.41) is 0. The number of fused-ring (bicyclic) bond motifs is 2. The minimum Gasteiger partial charge on any atom is -0.493 e. The Bertz CT molecular complexity index is 1080. The summed E-state index contributed by atoms with van der Waals surface area (Å²) in [4.78, 5) is 40.9. The van der Waals surface area contributed by atoms with Crippen LogP contribution in [-0.2, 0) is 13.0 Å². The molecule has 2 aliphatic rings. The van der Waals surface area contributed by atoms with Crippen LogP contribution in [0.2, 0.25) is 0 Å². The van der Waals surface area contributed by atoms with Crippen LogP contribution in [0, 0.1) is 0 Å². The molecule has 7 heteroatoms. The quantitative estimate of drug-likeness (QED) is 0.564. The molecule has 2 aromatic rings. The molecule has 0 fully saturated rings. The van der Waals surface area contributed by atoms with Gasteiger partial charge in [0.25, 0.3) is 17.7 Å². The second kappa shape index (κ2) is 7.67. The molecule has 30 heavy (non-hydrogen) atoms. The third-order valence-corrected chi connectivity index (χ3v) is 5.53. The number of hydrogen-bond acceptors (Lipinski definition) is 5. The summed E-state index contributed by atoms with van der Waals surface area (Å²) >= 11 is 0. The number of methoxy groups -OCH3 is 2. The predicted molar refractivity (Wildman–Crippen MR) is 110 cm³/mol. The van der Waals surface area contributed by atoms with Crippen molar-refractivity contribution in [3.63, 3.8) is 0 Å². The van der Waals surface area contributed by atoms with Gasteiger partial charge in [0.1, 0.15) is 0 Å². The fraction of sp³-hybridized carbons (Fsp3) is 0.261. The van der Waals surface area contributed by atoms with Crippen molar-refractivity contribution >= 4 is 17.7 Å². The maximum atomic E-state index is 13.1. The fourth-order valence-electron chi connectivity index (χ4n) is 3.96. The van der Waals surface area contributed by atoms with E-state index in [-0.39, 0.29) is 23.9 Å². The summed E-state index contributed by atoms with van der Waals surface area (Å²) in [6, 6.07) is 8.52. The topological polar surface area (TPSA) is 76.2 Å². The third kappa shape index (κ3) is 3.12. The van der Waals surface area contributed by atoms with Crippen molar-refractivity contribution in [1.29, 1.82) is 0 Å². The van der Waals surface area contributed by atoms with Gasteiger partial charge >= 0.3 is 0 Å². The normalized spacial score (nSPS) is 15.0. The Morgan fingerprint density at radius 3 is 2.37 bits per heavy atom. The number of carbonyl (C=O) groups is 3. The summed E-state index contributed by atoms with van der Waals surface area (Å²) in [5.74, 6) is 0.351. The predicted octanol–water partition coefficient (Wildman–Crippen LogP) is 2.68. The first-order chi connectivity index (χ1) is 14.5. The van der Waals surface area contributed by atoms with Crippen LogP contribution in [0.5, 0.6) is 11.5 Å². The van der Waals surface area contributed by atoms with Crippen molar-refractivity contribution in [2.45, 2.75) is 13.0 Å². The molecule has 2 aliphatic heterocycles. The molecule has 7 nitrogen and oxygen atoms in total. The molecule has 2 aromatic carbocycles. The molecule has 0 radical (unpaired) electrons. The molecule has 0 aliphatic carbocycles. The third-order valence-electron chi connectivity index (χ3n) is 5.53. The Labute approximate surface area is 174 Å². The Morgan fingerprint density at radius 2 is 1.70 bits per heavy atom. The van der Waals surface area contributed by atoms with E-state index in [1.165, 1.54) is 12.1 Å². The molecule has 0 saturated heterocycles. The highest BCUT2D eigenvalue weighted by molar-refractivity contribution is 6.22. The van der Waals surface area contributed by atoms with Crippen molar-refractivity contribution in [3.05, 3.63) is 70.8 Å². The van der Waals surface area contributed by atoms with Crippen LogP contribution in [0.25, 0.3) is 0 Å². The van der Waals surface area contributed by atoms with E-state index in [2.05, 4.69) is 6.58 Å². The van der Waals surface area contributed by atoms with E-state index in [0.717, 1.165) is 16.0 Å². The van der Waals surface area contributed by atoms with Gasteiger partial charge in [0, 0.05) is 25.2 Å². The average molecular weight is 406 g/mol. The smallest absolute Gasteiger partial charge is 0.261 e. The number of rotatable bonds is 5. The van der Waals surface area contributed by atoms with E-state index < -0.39 is 5.91 Å². The van der Waals surface area contributed by atoms with Crippen LogP contribution >= 0.6 is 0 Å². The molecule has 0 spiro atoms. The lowest BCUT2D eigenvalue weighted by atomic mass is 9.97. The van der Waals surface area contributed by atoms with Gasteiger partial charge in [-0.1, -0.05) is 6.08 Å². The van der Waals surface area contributed by atoms with E-state index in [9.17, 15) is 14.4 Å². The number of benzene rings is 2. The zero-order valence-corrected chi connectivity index (χ0v) is 16.9. The molecule has 2 heterocycles. The van der Waals surface area contributed by atoms with Gasteiger partial charge in [-0.05, 0) is 47.9 Å². The zero-order valence-electron chi connectivity index (χ0n) is 16.9. The van der Waals surface area contributed by atoms with E-state index in [1.807, 2.05) is 12.1 Å². The molecule has 0 aromatic heterocycles. The van der Waals surface area contributed by atoms with Gasteiger partial charge in [0.15, 0.2) is 11.5 Å². The van der Waals surface area contributed by atoms with E-state index in [0.29, 0.717) is 42.1 Å². The van der Waals surface area contributed by atoms with Gasteiger partial charge in [-0.25, -0.2) is 0 Å². The first-order valence-corrected chi connectivity index (χ1v) is 9.62. The van der Waals surface area contributed by atoms with Gasteiger partial charge in [-0.15, -0.1) is 6.58 Å². The monoisotopic (exact) mass is 406 g/mol. The molecular weight excluding hydrogens is 384 g/mol. The van der Waals surface area contributed by atoms with Crippen molar-refractivity contribution in [3.8, 4) is 11.5 Å². The lowest BCUT2D eigenvalue weighted by molar-refractivity contribution is 0.0671. The first kappa shape index (κ1) is 19.7. The fourth-order valence-corrected chi connectivity index (χ4v) is 3.96. The summed E-state index contributed by atoms with van der Waals surface area (Å²) in [6.45, 7) is 4.70. The largest absolute Gasteiger partial charge is 0.493 e. The van der Waals surface area contributed by atoms with Crippen molar-refractivity contribution < 1.29 is 23.9 Å². The number of hydrogen-bond donors (Lipinski definition) is 0. The molecule has 154 valence electrons. The minimum absolute atomic E-state index is 0.143. The molecule has 0 bridgehead atoms. The average Bonchev–Trinajstić information content (AvgIpc) is 3.01. The highest BCUT2D eigenvalue weighted by Crippen LogP contribution is 2.34. The molecular formula is C23H22N2O5.